The van der Waals surface area contributed by atoms with Crippen molar-refractivity contribution >= 4 is 0 Å². The van der Waals surface area contributed by atoms with Crippen LogP contribution in [0.15, 0.2) is 18.5 Å². The van der Waals surface area contributed by atoms with Crippen molar-refractivity contribution in [3.63, 3.8) is 0 Å². The maximum atomic E-state index is 8.21. The van der Waals surface area contributed by atoms with Crippen LogP contribution in [0.25, 0.3) is 0 Å². The molecule has 1 rings (SSSR count). The van der Waals surface area contributed by atoms with Gasteiger partial charge in [0.2, 0.25) is 0 Å². The summed E-state index contributed by atoms with van der Waals surface area (Å²) in [5, 5.41) is 8.21. The van der Waals surface area contributed by atoms with E-state index in [4.69, 9.17) is 10.00 Å². The highest BCUT2D eigenvalue weighted by molar-refractivity contribution is 5.45. The average Bonchev–Trinajstić information content (AvgIpc) is 2.15. The molecule has 0 amide bonds. The SMILES string of the molecule is COc1ccncc1C#CC#N. The first-order valence-corrected chi connectivity index (χ1v) is 3.26. The van der Waals surface area contributed by atoms with Crippen LogP contribution >= 0.6 is 0 Å². The van der Waals surface area contributed by atoms with Gasteiger partial charge in [-0.15, -0.1) is 0 Å². The van der Waals surface area contributed by atoms with Crippen LogP contribution in [-0.2, 0) is 0 Å². The van der Waals surface area contributed by atoms with Crippen LogP contribution < -0.4 is 4.74 Å². The summed E-state index contributed by atoms with van der Waals surface area (Å²) in [6.07, 6.45) is 3.17. The van der Waals surface area contributed by atoms with Crippen molar-refractivity contribution in [2.75, 3.05) is 7.11 Å². The minimum absolute atomic E-state index is 0.626. The number of nitriles is 1. The molecule has 0 radical (unpaired) electrons. The minimum Gasteiger partial charge on any atom is -0.495 e. The van der Waals surface area contributed by atoms with E-state index in [9.17, 15) is 0 Å². The summed E-state index contributed by atoms with van der Waals surface area (Å²) in [6.45, 7) is 0. The Morgan fingerprint density at radius 1 is 1.58 bits per heavy atom. The molecule has 0 aliphatic rings. The third kappa shape index (κ3) is 1.74. The molecular weight excluding hydrogens is 152 g/mol. The third-order valence-electron chi connectivity index (χ3n) is 1.25. The van der Waals surface area contributed by atoms with Gasteiger partial charge in [-0.25, -0.2) is 0 Å². The molecule has 0 unspecified atom stereocenters. The van der Waals surface area contributed by atoms with Crippen molar-refractivity contribution in [3.05, 3.63) is 24.0 Å². The van der Waals surface area contributed by atoms with Crippen LogP contribution in [0, 0.1) is 23.2 Å². The fourth-order valence-corrected chi connectivity index (χ4v) is 0.749. The number of methoxy groups -OCH3 is 1. The van der Waals surface area contributed by atoms with E-state index in [1.165, 1.54) is 0 Å². The van der Waals surface area contributed by atoms with Gasteiger partial charge in [-0.1, -0.05) is 0 Å². The standard InChI is InChI=1S/C9H6N2O/c1-12-9-4-6-11-7-8(9)3-2-5-10/h4,6-7H,1H3. The molecule has 0 saturated carbocycles. The molecule has 12 heavy (non-hydrogen) atoms. The van der Waals surface area contributed by atoms with Crippen molar-refractivity contribution in [2.45, 2.75) is 0 Å². The maximum Gasteiger partial charge on any atom is 0.152 e. The van der Waals surface area contributed by atoms with Crippen LogP contribution in [-0.4, -0.2) is 12.1 Å². The van der Waals surface area contributed by atoms with E-state index in [-0.39, 0.29) is 0 Å². The predicted molar refractivity (Wildman–Crippen MR) is 43.3 cm³/mol. The third-order valence-corrected chi connectivity index (χ3v) is 1.25. The number of hydrogen-bond donors (Lipinski definition) is 0. The number of pyridine rings is 1. The summed E-state index contributed by atoms with van der Waals surface area (Å²) in [5.41, 5.74) is 0.626. The van der Waals surface area contributed by atoms with E-state index in [2.05, 4.69) is 16.8 Å². The van der Waals surface area contributed by atoms with E-state index in [0.717, 1.165) is 0 Å². The molecule has 0 N–H and O–H groups in total. The second-order valence-electron chi connectivity index (χ2n) is 1.94. The van der Waals surface area contributed by atoms with Crippen LogP contribution in [0.3, 0.4) is 0 Å². The van der Waals surface area contributed by atoms with Gasteiger partial charge in [0.05, 0.1) is 12.7 Å². The van der Waals surface area contributed by atoms with Crippen molar-refractivity contribution in [1.29, 1.82) is 5.26 Å². The Labute approximate surface area is 70.6 Å². The van der Waals surface area contributed by atoms with E-state index >= 15 is 0 Å². The molecule has 0 aliphatic carbocycles. The normalized spacial score (nSPS) is 7.67. The molecular formula is C9H6N2O. The Kier molecular flexibility index (Phi) is 2.70. The summed E-state index contributed by atoms with van der Waals surface area (Å²) in [6, 6.07) is 3.42. The van der Waals surface area contributed by atoms with Gasteiger partial charge in [-0.05, 0) is 12.0 Å². The molecule has 1 aromatic heterocycles. The van der Waals surface area contributed by atoms with Crippen molar-refractivity contribution in [3.8, 4) is 23.7 Å². The Morgan fingerprint density at radius 2 is 2.42 bits per heavy atom. The zero-order valence-corrected chi connectivity index (χ0v) is 6.53. The first kappa shape index (κ1) is 8.10. The molecule has 58 valence electrons. The van der Waals surface area contributed by atoms with Gasteiger partial charge < -0.3 is 4.74 Å². The van der Waals surface area contributed by atoms with Gasteiger partial charge in [-0.2, -0.15) is 5.26 Å². The predicted octanol–water partition coefficient (Wildman–Crippen LogP) is 0.965. The molecule has 3 heteroatoms. The van der Waals surface area contributed by atoms with Crippen LogP contribution in [0.2, 0.25) is 0 Å². The monoisotopic (exact) mass is 158 g/mol. The summed E-state index contributed by atoms with van der Waals surface area (Å²) >= 11 is 0. The molecule has 0 saturated heterocycles. The Balaban J connectivity index is 3.07. The first-order valence-electron chi connectivity index (χ1n) is 3.26. The summed E-state index contributed by atoms with van der Waals surface area (Å²) < 4.78 is 4.99. The fraction of sp³-hybridized carbons (Fsp3) is 0.111. The van der Waals surface area contributed by atoms with E-state index in [1.807, 2.05) is 0 Å². The molecule has 0 aromatic carbocycles. The molecule has 1 heterocycles. The smallest absolute Gasteiger partial charge is 0.152 e. The zero-order chi connectivity index (χ0) is 8.81. The molecule has 3 nitrogen and oxygen atoms in total. The number of nitrogens with zero attached hydrogens (tertiary/aromatic N) is 2. The second kappa shape index (κ2) is 4.00. The minimum atomic E-state index is 0.626. The number of rotatable bonds is 1. The van der Waals surface area contributed by atoms with Gasteiger partial charge >= 0.3 is 0 Å². The molecule has 0 atom stereocenters. The highest BCUT2D eigenvalue weighted by Gasteiger charge is 1.96. The van der Waals surface area contributed by atoms with Gasteiger partial charge in [0.25, 0.3) is 0 Å². The highest BCUT2D eigenvalue weighted by atomic mass is 16.5. The maximum absolute atomic E-state index is 8.21. The topological polar surface area (TPSA) is 45.9 Å². The quantitative estimate of drug-likeness (QED) is 0.572. The first-order chi connectivity index (χ1) is 5.88. The second-order valence-corrected chi connectivity index (χ2v) is 1.94. The number of aromatic nitrogens is 1. The van der Waals surface area contributed by atoms with Crippen molar-refractivity contribution in [1.82, 2.24) is 4.98 Å². The van der Waals surface area contributed by atoms with E-state index in [1.54, 1.807) is 31.6 Å². The van der Waals surface area contributed by atoms with Gasteiger partial charge in [0, 0.05) is 18.3 Å². The fourth-order valence-electron chi connectivity index (χ4n) is 0.749. The molecule has 0 fully saturated rings. The molecule has 0 spiro atoms. The summed E-state index contributed by atoms with van der Waals surface area (Å²) in [4.78, 5) is 3.85. The highest BCUT2D eigenvalue weighted by Crippen LogP contribution is 2.13. The average molecular weight is 158 g/mol. The largest absolute Gasteiger partial charge is 0.495 e. The van der Waals surface area contributed by atoms with Crippen molar-refractivity contribution in [2.24, 2.45) is 0 Å². The van der Waals surface area contributed by atoms with Crippen molar-refractivity contribution < 1.29 is 4.74 Å². The molecule has 1 aromatic rings. The number of hydrogen-bond acceptors (Lipinski definition) is 3. The van der Waals surface area contributed by atoms with Gasteiger partial charge in [0.1, 0.15) is 5.75 Å². The van der Waals surface area contributed by atoms with Crippen LogP contribution in [0.4, 0.5) is 0 Å². The summed E-state index contributed by atoms with van der Waals surface area (Å²) in [5.74, 6) is 5.52. The van der Waals surface area contributed by atoms with Crippen LogP contribution in [0.1, 0.15) is 5.56 Å². The Bertz CT molecular complexity index is 368. The van der Waals surface area contributed by atoms with E-state index in [0.29, 0.717) is 11.3 Å². The van der Waals surface area contributed by atoms with E-state index < -0.39 is 0 Å². The number of ether oxygens (including phenoxy) is 1. The lowest BCUT2D eigenvalue weighted by molar-refractivity contribution is 0.413. The lowest BCUT2D eigenvalue weighted by Crippen LogP contribution is -1.87. The lowest BCUT2D eigenvalue weighted by Gasteiger charge is -1.99. The van der Waals surface area contributed by atoms with Gasteiger partial charge in [-0.3, -0.25) is 4.98 Å². The summed E-state index contributed by atoms with van der Waals surface area (Å²) in [7, 11) is 1.55. The lowest BCUT2D eigenvalue weighted by atomic mass is 10.2. The Hall–Kier alpha value is -2.00. The zero-order valence-electron chi connectivity index (χ0n) is 6.53. The Morgan fingerprint density at radius 3 is 3.08 bits per heavy atom. The van der Waals surface area contributed by atoms with Crippen LogP contribution in [0.5, 0.6) is 5.75 Å². The van der Waals surface area contributed by atoms with Gasteiger partial charge in [0.15, 0.2) is 6.07 Å². The molecule has 0 bridgehead atoms. The molecule has 0 aliphatic heterocycles.